The topological polar surface area (TPSA) is 38.8 Å². The molecule has 21 heavy (non-hydrogen) atoms. The van der Waals surface area contributed by atoms with Crippen LogP contribution in [-0.4, -0.2) is 43.0 Å². The van der Waals surface area contributed by atoms with Crippen LogP contribution in [-0.2, 0) is 4.74 Å². The van der Waals surface area contributed by atoms with E-state index in [1.807, 2.05) is 0 Å². The lowest BCUT2D eigenvalue weighted by Gasteiger charge is -2.31. The summed E-state index contributed by atoms with van der Waals surface area (Å²) in [5.74, 6) is -1.02. The third-order valence-electron chi connectivity index (χ3n) is 2.93. The van der Waals surface area contributed by atoms with Gasteiger partial charge in [-0.2, -0.15) is 0 Å². The van der Waals surface area contributed by atoms with Gasteiger partial charge >= 0.3 is 6.36 Å². The molecule has 116 valence electrons. The van der Waals surface area contributed by atoms with Gasteiger partial charge in [-0.15, -0.1) is 13.2 Å². The van der Waals surface area contributed by atoms with E-state index in [2.05, 4.69) is 20.7 Å². The predicted molar refractivity (Wildman–Crippen MR) is 72.1 cm³/mol. The second-order valence-corrected chi connectivity index (χ2v) is 5.54. The van der Waals surface area contributed by atoms with Crippen LogP contribution in [0.1, 0.15) is 17.3 Å². The molecular weight excluding hydrogens is 355 g/mol. The summed E-state index contributed by atoms with van der Waals surface area (Å²) in [7, 11) is 0. The van der Waals surface area contributed by atoms with Gasteiger partial charge in [-0.05, 0) is 25.1 Å². The second-order valence-electron chi connectivity index (χ2n) is 4.62. The highest BCUT2D eigenvalue weighted by atomic mass is 79.9. The van der Waals surface area contributed by atoms with E-state index < -0.39 is 18.0 Å². The minimum Gasteiger partial charge on any atom is -0.405 e. The Morgan fingerprint density at radius 1 is 1.48 bits per heavy atom. The number of benzene rings is 1. The average molecular weight is 368 g/mol. The summed E-state index contributed by atoms with van der Waals surface area (Å²) in [5.41, 5.74) is -0.121. The molecule has 1 aromatic rings. The van der Waals surface area contributed by atoms with Gasteiger partial charge in [0, 0.05) is 17.6 Å². The molecule has 0 unspecified atom stereocenters. The Morgan fingerprint density at radius 2 is 2.19 bits per heavy atom. The normalized spacial score (nSPS) is 19.5. The van der Waals surface area contributed by atoms with E-state index in [-0.39, 0.29) is 11.7 Å². The summed E-state index contributed by atoms with van der Waals surface area (Å²) in [4.78, 5) is 13.8. The Bertz CT molecular complexity index is 536. The molecule has 2 rings (SSSR count). The van der Waals surface area contributed by atoms with Crippen LogP contribution in [0.4, 0.5) is 13.2 Å². The standard InChI is InChI=1S/C13H13BrF3NO3/c1-8-7-18(4-5-20-8)12(19)10-3-2-9(14)6-11(10)21-13(15,16)17/h2-3,6,8H,4-5,7H2,1H3/t8-/m0/s1. The maximum absolute atomic E-state index is 12.4. The molecule has 1 saturated heterocycles. The number of morpholine rings is 1. The Balaban J connectivity index is 2.27. The molecule has 1 aromatic carbocycles. The van der Waals surface area contributed by atoms with E-state index in [1.54, 1.807) is 6.92 Å². The quantitative estimate of drug-likeness (QED) is 0.805. The molecule has 0 aromatic heterocycles. The van der Waals surface area contributed by atoms with Gasteiger partial charge in [0.15, 0.2) is 0 Å². The van der Waals surface area contributed by atoms with Crippen LogP contribution >= 0.6 is 15.9 Å². The van der Waals surface area contributed by atoms with E-state index in [9.17, 15) is 18.0 Å². The van der Waals surface area contributed by atoms with Crippen LogP contribution in [0.25, 0.3) is 0 Å². The van der Waals surface area contributed by atoms with Crippen molar-refractivity contribution in [3.05, 3.63) is 28.2 Å². The lowest BCUT2D eigenvalue weighted by atomic mass is 10.1. The number of nitrogens with zero attached hydrogens (tertiary/aromatic N) is 1. The number of hydrogen-bond acceptors (Lipinski definition) is 3. The molecular formula is C13H13BrF3NO3. The van der Waals surface area contributed by atoms with Crippen molar-refractivity contribution in [1.82, 2.24) is 4.90 Å². The third-order valence-corrected chi connectivity index (χ3v) is 3.42. The average Bonchev–Trinajstić information content (AvgIpc) is 2.36. The van der Waals surface area contributed by atoms with Crippen LogP contribution in [0.15, 0.2) is 22.7 Å². The summed E-state index contributed by atoms with van der Waals surface area (Å²) in [6, 6.07) is 3.94. The predicted octanol–water partition coefficient (Wildman–Crippen LogP) is 3.21. The molecule has 0 N–H and O–H groups in total. The highest BCUT2D eigenvalue weighted by Gasteiger charge is 2.34. The first-order chi connectivity index (χ1) is 9.76. The van der Waals surface area contributed by atoms with Gasteiger partial charge in [0.1, 0.15) is 5.75 Å². The molecule has 1 heterocycles. The fraction of sp³-hybridized carbons (Fsp3) is 0.462. The summed E-state index contributed by atoms with van der Waals surface area (Å²) in [6.45, 7) is 2.83. The van der Waals surface area contributed by atoms with Gasteiger partial charge < -0.3 is 14.4 Å². The number of halogens is 4. The van der Waals surface area contributed by atoms with Crippen molar-refractivity contribution in [1.29, 1.82) is 0 Å². The van der Waals surface area contributed by atoms with Crippen molar-refractivity contribution in [2.45, 2.75) is 19.4 Å². The molecule has 4 nitrogen and oxygen atoms in total. The van der Waals surface area contributed by atoms with E-state index >= 15 is 0 Å². The van der Waals surface area contributed by atoms with Crippen molar-refractivity contribution in [3.8, 4) is 5.75 Å². The first kappa shape index (κ1) is 16.1. The van der Waals surface area contributed by atoms with E-state index in [0.717, 1.165) is 6.07 Å². The highest BCUT2D eigenvalue weighted by molar-refractivity contribution is 9.10. The van der Waals surface area contributed by atoms with Gasteiger partial charge in [-0.1, -0.05) is 15.9 Å². The van der Waals surface area contributed by atoms with E-state index in [0.29, 0.717) is 24.2 Å². The molecule has 0 bridgehead atoms. The molecule has 1 aliphatic heterocycles. The fourth-order valence-electron chi connectivity index (χ4n) is 2.06. The summed E-state index contributed by atoms with van der Waals surface area (Å²) >= 11 is 3.07. The number of hydrogen-bond donors (Lipinski definition) is 0. The van der Waals surface area contributed by atoms with Gasteiger partial charge in [0.2, 0.25) is 0 Å². The molecule has 0 aliphatic carbocycles. The Hall–Kier alpha value is -1.28. The summed E-state index contributed by atoms with van der Waals surface area (Å²) < 4.78 is 47.0. The Labute approximate surface area is 127 Å². The maximum Gasteiger partial charge on any atom is 0.573 e. The van der Waals surface area contributed by atoms with Crippen molar-refractivity contribution in [2.75, 3.05) is 19.7 Å². The molecule has 0 spiro atoms. The smallest absolute Gasteiger partial charge is 0.405 e. The van der Waals surface area contributed by atoms with Gasteiger partial charge in [-0.25, -0.2) is 0 Å². The molecule has 8 heteroatoms. The van der Waals surface area contributed by atoms with E-state index in [1.165, 1.54) is 17.0 Å². The minimum absolute atomic E-state index is 0.121. The summed E-state index contributed by atoms with van der Waals surface area (Å²) in [5, 5.41) is 0. The zero-order valence-electron chi connectivity index (χ0n) is 11.1. The lowest BCUT2D eigenvalue weighted by Crippen LogP contribution is -2.44. The monoisotopic (exact) mass is 367 g/mol. The number of rotatable bonds is 2. The largest absolute Gasteiger partial charge is 0.573 e. The third kappa shape index (κ3) is 4.34. The highest BCUT2D eigenvalue weighted by Crippen LogP contribution is 2.30. The zero-order valence-corrected chi connectivity index (χ0v) is 12.7. The van der Waals surface area contributed by atoms with Crippen molar-refractivity contribution in [3.63, 3.8) is 0 Å². The Kier molecular flexibility index (Phi) is 4.77. The van der Waals surface area contributed by atoms with Crippen LogP contribution in [0.2, 0.25) is 0 Å². The van der Waals surface area contributed by atoms with Crippen molar-refractivity contribution in [2.24, 2.45) is 0 Å². The fourth-order valence-corrected chi connectivity index (χ4v) is 2.40. The number of amides is 1. The first-order valence-corrected chi connectivity index (χ1v) is 7.02. The summed E-state index contributed by atoms with van der Waals surface area (Å²) in [6.07, 6.45) is -5.00. The van der Waals surface area contributed by atoms with Crippen LogP contribution < -0.4 is 4.74 Å². The maximum atomic E-state index is 12.4. The molecule has 0 saturated carbocycles. The molecule has 1 amide bonds. The van der Waals surface area contributed by atoms with Gasteiger partial charge in [0.05, 0.1) is 18.3 Å². The van der Waals surface area contributed by atoms with Crippen molar-refractivity contribution >= 4 is 21.8 Å². The molecule has 1 aliphatic rings. The zero-order chi connectivity index (χ0) is 15.6. The molecule has 0 radical (unpaired) electrons. The lowest BCUT2D eigenvalue weighted by molar-refractivity contribution is -0.274. The number of alkyl halides is 3. The van der Waals surface area contributed by atoms with Gasteiger partial charge in [0.25, 0.3) is 5.91 Å². The van der Waals surface area contributed by atoms with E-state index in [4.69, 9.17) is 4.74 Å². The Morgan fingerprint density at radius 3 is 2.81 bits per heavy atom. The SMILES string of the molecule is C[C@H]1CN(C(=O)c2ccc(Br)cc2OC(F)(F)F)CCO1. The minimum atomic E-state index is -4.85. The molecule has 1 atom stereocenters. The van der Waals surface area contributed by atoms with Crippen LogP contribution in [0, 0.1) is 0 Å². The van der Waals surface area contributed by atoms with Crippen LogP contribution in [0.5, 0.6) is 5.75 Å². The second kappa shape index (κ2) is 6.23. The first-order valence-electron chi connectivity index (χ1n) is 6.22. The van der Waals surface area contributed by atoms with Crippen molar-refractivity contribution < 1.29 is 27.4 Å². The number of ether oxygens (including phenoxy) is 2. The number of carbonyl (C=O) groups excluding carboxylic acids is 1. The molecule has 1 fully saturated rings. The van der Waals surface area contributed by atoms with Crippen LogP contribution in [0.3, 0.4) is 0 Å². The number of carbonyl (C=O) groups is 1. The van der Waals surface area contributed by atoms with Gasteiger partial charge in [-0.3, -0.25) is 4.79 Å².